The Morgan fingerprint density at radius 2 is 1.90 bits per heavy atom. The number of rotatable bonds is 3. The molecule has 102 valence electrons. The molecule has 0 saturated carbocycles. The lowest BCUT2D eigenvalue weighted by atomic mass is 9.79. The molecule has 0 spiro atoms. The highest BCUT2D eigenvalue weighted by molar-refractivity contribution is 5.93. The molecule has 0 atom stereocenters. The van der Waals surface area contributed by atoms with Crippen LogP contribution in [0.25, 0.3) is 11.1 Å². The minimum Gasteiger partial charge on any atom is -0.0991 e. The zero-order valence-electron chi connectivity index (χ0n) is 12.7. The second kappa shape index (κ2) is 5.13. The van der Waals surface area contributed by atoms with Crippen LogP contribution < -0.4 is 0 Å². The van der Waals surface area contributed by atoms with Crippen molar-refractivity contribution in [2.45, 2.75) is 26.2 Å². The van der Waals surface area contributed by atoms with Gasteiger partial charge in [0.15, 0.2) is 0 Å². The third-order valence-corrected chi connectivity index (χ3v) is 4.11. The molecule has 0 bridgehead atoms. The van der Waals surface area contributed by atoms with Gasteiger partial charge in [-0.05, 0) is 40.3 Å². The molecular formula is C20H22. The summed E-state index contributed by atoms with van der Waals surface area (Å²) in [4.78, 5) is 0. The lowest BCUT2D eigenvalue weighted by molar-refractivity contribution is 0.659. The first-order chi connectivity index (χ1) is 9.48. The number of hydrogen-bond donors (Lipinski definition) is 0. The molecule has 1 aliphatic rings. The Hall–Kier alpha value is -2.08. The molecule has 0 nitrogen and oxygen atoms in total. The van der Waals surface area contributed by atoms with Crippen molar-refractivity contribution in [1.82, 2.24) is 0 Å². The van der Waals surface area contributed by atoms with Crippen molar-refractivity contribution in [3.63, 3.8) is 0 Å². The van der Waals surface area contributed by atoms with Crippen molar-refractivity contribution < 1.29 is 0 Å². The molecule has 20 heavy (non-hydrogen) atoms. The van der Waals surface area contributed by atoms with E-state index in [4.69, 9.17) is 0 Å². The van der Waals surface area contributed by atoms with Crippen LogP contribution in [0, 0.1) is 0 Å². The molecule has 0 fully saturated rings. The molecule has 0 unspecified atom stereocenters. The first-order valence-corrected chi connectivity index (χ1v) is 6.94. The van der Waals surface area contributed by atoms with Crippen LogP contribution in [0.4, 0.5) is 0 Å². The fourth-order valence-corrected chi connectivity index (χ4v) is 3.17. The Morgan fingerprint density at radius 3 is 2.45 bits per heavy atom. The minimum absolute atomic E-state index is 0.0477. The lowest BCUT2D eigenvalue weighted by Gasteiger charge is -2.24. The van der Waals surface area contributed by atoms with Crippen LogP contribution >= 0.6 is 0 Å². The molecule has 1 aromatic rings. The van der Waals surface area contributed by atoms with E-state index in [0.29, 0.717) is 0 Å². The summed E-state index contributed by atoms with van der Waals surface area (Å²) < 4.78 is 0. The van der Waals surface area contributed by atoms with Gasteiger partial charge in [-0.15, -0.1) is 0 Å². The van der Waals surface area contributed by atoms with Crippen molar-refractivity contribution in [2.24, 2.45) is 0 Å². The highest BCUT2D eigenvalue weighted by Gasteiger charge is 2.39. The third kappa shape index (κ3) is 1.92. The number of fused-ring (bicyclic) bond motifs is 1. The summed E-state index contributed by atoms with van der Waals surface area (Å²) in [6.45, 7) is 18.5. The van der Waals surface area contributed by atoms with E-state index in [0.717, 1.165) is 5.57 Å². The molecule has 0 radical (unpaired) electrons. The van der Waals surface area contributed by atoms with Crippen LogP contribution in [0.1, 0.15) is 37.5 Å². The highest BCUT2D eigenvalue weighted by atomic mass is 14.4. The summed E-state index contributed by atoms with van der Waals surface area (Å²) in [5.74, 6) is 0. The normalized spacial score (nSPS) is 19.9. The third-order valence-electron chi connectivity index (χ3n) is 4.11. The van der Waals surface area contributed by atoms with E-state index in [1.54, 1.807) is 0 Å². The van der Waals surface area contributed by atoms with Gasteiger partial charge in [-0.3, -0.25) is 0 Å². The van der Waals surface area contributed by atoms with Crippen LogP contribution in [-0.2, 0) is 5.41 Å². The Kier molecular flexibility index (Phi) is 3.67. The van der Waals surface area contributed by atoms with Gasteiger partial charge in [-0.25, -0.2) is 0 Å². The SMILES string of the molecule is C=C/C=C1\C(=C/C)c2cccc(C(=C)C=C)c2C1(C)C. The molecule has 1 aliphatic carbocycles. The smallest absolute Gasteiger partial charge is 0.0164 e. The molecule has 0 N–H and O–H groups in total. The maximum Gasteiger partial charge on any atom is 0.0164 e. The summed E-state index contributed by atoms with van der Waals surface area (Å²) in [6, 6.07) is 6.42. The fourth-order valence-electron chi connectivity index (χ4n) is 3.17. The van der Waals surface area contributed by atoms with E-state index in [1.807, 2.05) is 12.2 Å². The van der Waals surface area contributed by atoms with E-state index >= 15 is 0 Å². The van der Waals surface area contributed by atoms with Crippen molar-refractivity contribution >= 4 is 11.1 Å². The van der Waals surface area contributed by atoms with Gasteiger partial charge in [-0.2, -0.15) is 0 Å². The molecule has 1 aromatic carbocycles. The molecule has 0 aromatic heterocycles. The van der Waals surface area contributed by atoms with E-state index in [1.165, 1.54) is 27.8 Å². The Morgan fingerprint density at radius 1 is 1.20 bits per heavy atom. The largest absolute Gasteiger partial charge is 0.0991 e. The first kappa shape index (κ1) is 14.3. The molecule has 0 saturated heterocycles. The van der Waals surface area contributed by atoms with Gasteiger partial charge in [0.2, 0.25) is 0 Å². The Bertz CT molecular complexity index is 649. The van der Waals surface area contributed by atoms with Crippen molar-refractivity contribution in [2.75, 3.05) is 0 Å². The average molecular weight is 262 g/mol. The van der Waals surface area contributed by atoms with Gasteiger partial charge in [0.25, 0.3) is 0 Å². The monoisotopic (exact) mass is 262 g/mol. The fraction of sp³-hybridized carbons (Fsp3) is 0.200. The topological polar surface area (TPSA) is 0 Å². The van der Waals surface area contributed by atoms with Gasteiger partial charge in [-0.1, -0.05) is 76.1 Å². The molecule has 0 amide bonds. The number of benzene rings is 1. The maximum atomic E-state index is 4.13. The van der Waals surface area contributed by atoms with E-state index in [2.05, 4.69) is 70.9 Å². The van der Waals surface area contributed by atoms with Gasteiger partial charge in [0.05, 0.1) is 0 Å². The first-order valence-electron chi connectivity index (χ1n) is 6.94. The van der Waals surface area contributed by atoms with Gasteiger partial charge in [0, 0.05) is 5.41 Å². The zero-order valence-corrected chi connectivity index (χ0v) is 12.7. The Labute approximate surface area is 122 Å². The summed E-state index contributed by atoms with van der Waals surface area (Å²) in [6.07, 6.45) is 8.00. The molecular weight excluding hydrogens is 240 g/mol. The van der Waals surface area contributed by atoms with Gasteiger partial charge < -0.3 is 0 Å². The molecule has 2 rings (SSSR count). The summed E-state index contributed by atoms with van der Waals surface area (Å²) in [5, 5.41) is 0. The second-order valence-corrected chi connectivity index (χ2v) is 5.60. The van der Waals surface area contributed by atoms with E-state index in [9.17, 15) is 0 Å². The summed E-state index contributed by atoms with van der Waals surface area (Å²) in [5.41, 5.74) is 7.36. The van der Waals surface area contributed by atoms with Gasteiger partial charge in [0.1, 0.15) is 0 Å². The molecule has 0 heterocycles. The quantitative estimate of drug-likeness (QED) is 0.614. The van der Waals surface area contributed by atoms with Crippen molar-refractivity contribution in [3.05, 3.63) is 84.5 Å². The molecule has 0 heteroatoms. The van der Waals surface area contributed by atoms with E-state index < -0.39 is 0 Å². The highest BCUT2D eigenvalue weighted by Crippen LogP contribution is 2.51. The number of allylic oxidation sites excluding steroid dienone is 7. The summed E-state index contributed by atoms with van der Waals surface area (Å²) in [7, 11) is 0. The summed E-state index contributed by atoms with van der Waals surface area (Å²) >= 11 is 0. The van der Waals surface area contributed by atoms with Crippen LogP contribution in [0.3, 0.4) is 0 Å². The van der Waals surface area contributed by atoms with Crippen LogP contribution in [0.15, 0.2) is 67.8 Å². The van der Waals surface area contributed by atoms with Crippen molar-refractivity contribution in [3.8, 4) is 0 Å². The van der Waals surface area contributed by atoms with Crippen molar-refractivity contribution in [1.29, 1.82) is 0 Å². The Balaban J connectivity index is 2.85. The maximum absolute atomic E-state index is 4.13. The molecule has 0 aliphatic heterocycles. The van der Waals surface area contributed by atoms with Gasteiger partial charge >= 0.3 is 0 Å². The van der Waals surface area contributed by atoms with E-state index in [-0.39, 0.29) is 5.41 Å². The standard InChI is InChI=1S/C20H22/c1-7-11-18-15(9-3)17-13-10-12-16(14(4)8-2)19(17)20(18,5)6/h7-13H,1-2,4H2,3,5-6H3/b15-9-,18-11+. The van der Waals surface area contributed by atoms with Crippen LogP contribution in [-0.4, -0.2) is 0 Å². The number of hydrogen-bond acceptors (Lipinski definition) is 0. The average Bonchev–Trinajstić information content (AvgIpc) is 2.66. The van der Waals surface area contributed by atoms with Crippen LogP contribution in [0.5, 0.6) is 0 Å². The van der Waals surface area contributed by atoms with Crippen LogP contribution in [0.2, 0.25) is 0 Å². The second-order valence-electron chi connectivity index (χ2n) is 5.60. The minimum atomic E-state index is -0.0477. The zero-order chi connectivity index (χ0) is 14.9. The predicted octanol–water partition coefficient (Wildman–Crippen LogP) is 5.69. The predicted molar refractivity (Wildman–Crippen MR) is 90.6 cm³/mol. The lowest BCUT2D eigenvalue weighted by Crippen LogP contribution is -2.17.